The van der Waals surface area contributed by atoms with Crippen molar-refractivity contribution in [2.75, 3.05) is 11.5 Å². The second-order valence-corrected chi connectivity index (χ2v) is 4.93. The van der Waals surface area contributed by atoms with E-state index < -0.39 is 0 Å². The Hall–Kier alpha value is -2.66. The summed E-state index contributed by atoms with van der Waals surface area (Å²) < 4.78 is 0. The summed E-state index contributed by atoms with van der Waals surface area (Å²) in [5, 5.41) is 0.674. The third-order valence-electron chi connectivity index (χ3n) is 3.08. The number of benzene rings is 1. The molecule has 0 aliphatic carbocycles. The van der Waals surface area contributed by atoms with Crippen molar-refractivity contribution in [1.82, 2.24) is 15.0 Å². The maximum atomic E-state index is 5.97. The summed E-state index contributed by atoms with van der Waals surface area (Å²) >= 11 is 5.91. The molecule has 0 radical (unpaired) electrons. The number of rotatable bonds is 2. The van der Waals surface area contributed by atoms with Gasteiger partial charge in [0.25, 0.3) is 0 Å². The van der Waals surface area contributed by atoms with Gasteiger partial charge in [-0.1, -0.05) is 23.7 Å². The van der Waals surface area contributed by atoms with Crippen molar-refractivity contribution < 1.29 is 0 Å². The molecule has 0 aliphatic heterocycles. The lowest BCUT2D eigenvalue weighted by molar-refractivity contribution is 1.18. The van der Waals surface area contributed by atoms with Gasteiger partial charge in [0.2, 0.25) is 5.95 Å². The van der Waals surface area contributed by atoms with Crippen LogP contribution >= 0.6 is 11.6 Å². The molecule has 0 aliphatic rings. The molecule has 2 aromatic heterocycles. The molecule has 104 valence electrons. The van der Waals surface area contributed by atoms with E-state index in [1.807, 2.05) is 30.3 Å². The van der Waals surface area contributed by atoms with E-state index in [1.54, 1.807) is 18.6 Å². The van der Waals surface area contributed by atoms with Crippen LogP contribution in [-0.2, 0) is 0 Å². The maximum absolute atomic E-state index is 5.97. The minimum absolute atomic E-state index is 0.236. The molecule has 0 fully saturated rings. The lowest BCUT2D eigenvalue weighted by atomic mass is 10.0. The van der Waals surface area contributed by atoms with Crippen LogP contribution in [0.2, 0.25) is 5.02 Å². The van der Waals surface area contributed by atoms with E-state index in [2.05, 4.69) is 15.0 Å². The number of anilines is 2. The minimum Gasteiger partial charge on any atom is -0.383 e. The molecule has 0 saturated carbocycles. The molecule has 6 heteroatoms. The average molecular weight is 298 g/mol. The molecular formula is C15H12ClN5. The number of halogens is 1. The van der Waals surface area contributed by atoms with Gasteiger partial charge in [-0.05, 0) is 23.8 Å². The quantitative estimate of drug-likeness (QED) is 0.758. The van der Waals surface area contributed by atoms with Gasteiger partial charge in [-0.3, -0.25) is 0 Å². The van der Waals surface area contributed by atoms with Crippen molar-refractivity contribution in [2.24, 2.45) is 0 Å². The number of nitrogens with two attached hydrogens (primary N) is 2. The van der Waals surface area contributed by atoms with Crippen molar-refractivity contribution in [2.45, 2.75) is 0 Å². The van der Waals surface area contributed by atoms with Crippen molar-refractivity contribution >= 4 is 23.4 Å². The molecule has 4 N–H and O–H groups in total. The summed E-state index contributed by atoms with van der Waals surface area (Å²) in [4.78, 5) is 12.2. The molecule has 5 nitrogen and oxygen atoms in total. The highest BCUT2D eigenvalue weighted by atomic mass is 35.5. The first kappa shape index (κ1) is 13.3. The third kappa shape index (κ3) is 2.78. The van der Waals surface area contributed by atoms with Crippen LogP contribution in [0.3, 0.4) is 0 Å². The van der Waals surface area contributed by atoms with Crippen LogP contribution in [0.1, 0.15) is 0 Å². The summed E-state index contributed by atoms with van der Waals surface area (Å²) in [6.45, 7) is 0. The first-order chi connectivity index (χ1) is 10.1. The van der Waals surface area contributed by atoms with Gasteiger partial charge in [-0.15, -0.1) is 0 Å². The number of pyridine rings is 1. The van der Waals surface area contributed by atoms with E-state index >= 15 is 0 Å². The molecular weight excluding hydrogens is 286 g/mol. The predicted octanol–water partition coefficient (Wildman–Crippen LogP) is 3.02. The van der Waals surface area contributed by atoms with Crippen LogP contribution in [0.5, 0.6) is 0 Å². The molecule has 0 unspecified atom stereocenters. The topological polar surface area (TPSA) is 90.7 Å². The Morgan fingerprint density at radius 1 is 0.762 bits per heavy atom. The molecule has 0 saturated heterocycles. The molecule has 3 aromatic rings. The lowest BCUT2D eigenvalue weighted by Crippen LogP contribution is -1.97. The van der Waals surface area contributed by atoms with Crippen molar-refractivity contribution in [3.05, 3.63) is 53.9 Å². The van der Waals surface area contributed by atoms with Crippen molar-refractivity contribution in [3.63, 3.8) is 0 Å². The maximum Gasteiger partial charge on any atom is 0.219 e. The highest BCUT2D eigenvalue weighted by Crippen LogP contribution is 2.29. The summed E-state index contributed by atoms with van der Waals surface area (Å²) in [7, 11) is 0. The Bertz CT molecular complexity index is 769. The standard InChI is InChI=1S/C15H12ClN5/c16-12-3-1-9(2-4-12)13-5-10(6-19-14(13)17)11-7-20-15(18)21-8-11/h1-8H,(H2,17,19)(H2,18,20,21). The molecule has 2 heterocycles. The molecule has 0 atom stereocenters. The van der Waals surface area contributed by atoms with Crippen LogP contribution in [0.25, 0.3) is 22.3 Å². The van der Waals surface area contributed by atoms with Gasteiger partial charge in [0.15, 0.2) is 0 Å². The average Bonchev–Trinajstić information content (AvgIpc) is 2.50. The normalized spacial score (nSPS) is 10.5. The second kappa shape index (κ2) is 5.38. The Kier molecular flexibility index (Phi) is 3.41. The van der Waals surface area contributed by atoms with Crippen LogP contribution < -0.4 is 11.5 Å². The predicted molar refractivity (Wildman–Crippen MR) is 84.5 cm³/mol. The number of hydrogen-bond acceptors (Lipinski definition) is 5. The fourth-order valence-corrected chi connectivity index (χ4v) is 2.11. The van der Waals surface area contributed by atoms with Crippen molar-refractivity contribution in [1.29, 1.82) is 0 Å². The Morgan fingerprint density at radius 3 is 2.05 bits per heavy atom. The Labute approximate surface area is 126 Å². The molecule has 0 bridgehead atoms. The molecule has 1 aromatic carbocycles. The highest BCUT2D eigenvalue weighted by molar-refractivity contribution is 6.30. The fourth-order valence-electron chi connectivity index (χ4n) is 1.98. The Balaban J connectivity index is 2.07. The molecule has 0 amide bonds. The second-order valence-electron chi connectivity index (χ2n) is 4.49. The number of nitrogen functional groups attached to an aromatic ring is 2. The van der Waals surface area contributed by atoms with Crippen LogP contribution in [-0.4, -0.2) is 15.0 Å². The van der Waals surface area contributed by atoms with Gasteiger partial charge < -0.3 is 11.5 Å². The largest absolute Gasteiger partial charge is 0.383 e. The first-order valence-electron chi connectivity index (χ1n) is 6.23. The van der Waals surface area contributed by atoms with E-state index in [1.165, 1.54) is 0 Å². The number of hydrogen-bond donors (Lipinski definition) is 2. The zero-order chi connectivity index (χ0) is 14.8. The van der Waals surface area contributed by atoms with E-state index in [0.717, 1.165) is 22.3 Å². The monoisotopic (exact) mass is 297 g/mol. The lowest BCUT2D eigenvalue weighted by Gasteiger charge is -2.08. The van der Waals surface area contributed by atoms with Crippen LogP contribution in [0.15, 0.2) is 48.9 Å². The number of nitrogens with zero attached hydrogens (tertiary/aromatic N) is 3. The van der Waals surface area contributed by atoms with Crippen LogP contribution in [0, 0.1) is 0 Å². The van der Waals surface area contributed by atoms with Gasteiger partial charge in [0.1, 0.15) is 5.82 Å². The fraction of sp³-hybridized carbons (Fsp3) is 0. The highest BCUT2D eigenvalue weighted by Gasteiger charge is 2.08. The SMILES string of the molecule is Nc1ncc(-c2cnc(N)c(-c3ccc(Cl)cc3)c2)cn1. The van der Waals surface area contributed by atoms with Crippen LogP contribution in [0.4, 0.5) is 11.8 Å². The van der Waals surface area contributed by atoms with E-state index in [-0.39, 0.29) is 5.95 Å². The van der Waals surface area contributed by atoms with Gasteiger partial charge >= 0.3 is 0 Å². The zero-order valence-electron chi connectivity index (χ0n) is 11.0. The van der Waals surface area contributed by atoms with Crippen molar-refractivity contribution in [3.8, 4) is 22.3 Å². The Morgan fingerprint density at radius 2 is 1.38 bits per heavy atom. The number of aromatic nitrogens is 3. The van der Waals surface area contributed by atoms with E-state index in [0.29, 0.717) is 10.8 Å². The smallest absolute Gasteiger partial charge is 0.219 e. The summed E-state index contributed by atoms with van der Waals surface area (Å²) in [6, 6.07) is 9.38. The van der Waals surface area contributed by atoms with Gasteiger partial charge in [0.05, 0.1) is 0 Å². The summed E-state index contributed by atoms with van der Waals surface area (Å²) in [5.41, 5.74) is 14.9. The molecule has 0 spiro atoms. The zero-order valence-corrected chi connectivity index (χ0v) is 11.7. The molecule has 21 heavy (non-hydrogen) atoms. The summed E-state index contributed by atoms with van der Waals surface area (Å²) in [6.07, 6.45) is 4.99. The van der Waals surface area contributed by atoms with Gasteiger partial charge in [-0.25, -0.2) is 15.0 Å². The van der Waals surface area contributed by atoms with E-state index in [9.17, 15) is 0 Å². The summed E-state index contributed by atoms with van der Waals surface area (Å²) in [5.74, 6) is 0.692. The third-order valence-corrected chi connectivity index (χ3v) is 3.33. The van der Waals surface area contributed by atoms with Gasteiger partial charge in [-0.2, -0.15) is 0 Å². The minimum atomic E-state index is 0.236. The first-order valence-corrected chi connectivity index (χ1v) is 6.60. The van der Waals surface area contributed by atoms with E-state index in [4.69, 9.17) is 23.1 Å². The van der Waals surface area contributed by atoms with Gasteiger partial charge in [0, 0.05) is 40.3 Å². The molecule has 3 rings (SSSR count).